The Morgan fingerprint density at radius 3 is 2.73 bits per heavy atom. The van der Waals surface area contributed by atoms with Crippen molar-refractivity contribution in [3.8, 4) is 23.3 Å². The Morgan fingerprint density at radius 2 is 2.03 bits per heavy atom. The lowest BCUT2D eigenvalue weighted by Gasteiger charge is -2.12. The highest BCUT2D eigenvalue weighted by atomic mass is 16.5. The molecule has 0 spiro atoms. The van der Waals surface area contributed by atoms with Gasteiger partial charge in [0.05, 0.1) is 31.0 Å². The van der Waals surface area contributed by atoms with E-state index in [1.165, 1.54) is 7.11 Å². The zero-order valence-corrected chi connectivity index (χ0v) is 17.0. The summed E-state index contributed by atoms with van der Waals surface area (Å²) in [4.78, 5) is 12.3. The molecule has 3 rings (SSSR count). The quantitative estimate of drug-likeness (QED) is 0.572. The van der Waals surface area contributed by atoms with E-state index in [-0.39, 0.29) is 5.91 Å². The van der Waals surface area contributed by atoms with E-state index < -0.39 is 0 Å². The molecule has 30 heavy (non-hydrogen) atoms. The number of carbonyl (C=O) groups is 1. The van der Waals surface area contributed by atoms with Crippen LogP contribution in [0.25, 0.3) is 5.69 Å². The molecular weight excluding hydrogens is 384 g/mol. The third-order valence-electron chi connectivity index (χ3n) is 4.44. The predicted octanol–water partition coefficient (Wildman–Crippen LogP) is 2.96. The van der Waals surface area contributed by atoms with Crippen LogP contribution in [0.3, 0.4) is 0 Å². The van der Waals surface area contributed by atoms with Crippen LogP contribution in [0.2, 0.25) is 0 Å². The van der Waals surface area contributed by atoms with Gasteiger partial charge in [-0.2, -0.15) is 9.94 Å². The number of nitriles is 1. The number of hydrogen-bond acceptors (Lipinski definition) is 7. The number of tetrazole rings is 1. The van der Waals surface area contributed by atoms with Crippen LogP contribution in [-0.2, 0) is 4.79 Å². The maximum absolute atomic E-state index is 12.3. The van der Waals surface area contributed by atoms with Crippen LogP contribution in [0.5, 0.6) is 11.5 Å². The number of hydrogen-bond donors (Lipinski definition) is 1. The van der Waals surface area contributed by atoms with Crippen molar-refractivity contribution < 1.29 is 14.3 Å². The Kier molecular flexibility index (Phi) is 6.60. The van der Waals surface area contributed by atoms with E-state index in [0.29, 0.717) is 48.0 Å². The first-order valence-corrected chi connectivity index (χ1v) is 9.38. The van der Waals surface area contributed by atoms with Crippen molar-refractivity contribution >= 4 is 11.6 Å². The van der Waals surface area contributed by atoms with Gasteiger partial charge in [0.15, 0.2) is 17.3 Å². The van der Waals surface area contributed by atoms with E-state index in [4.69, 9.17) is 14.7 Å². The van der Waals surface area contributed by atoms with Crippen molar-refractivity contribution in [2.75, 3.05) is 19.0 Å². The Morgan fingerprint density at radius 1 is 1.20 bits per heavy atom. The number of anilines is 1. The largest absolute Gasteiger partial charge is 0.493 e. The number of methoxy groups -OCH3 is 1. The predicted molar refractivity (Wildman–Crippen MR) is 110 cm³/mol. The first-order valence-electron chi connectivity index (χ1n) is 9.38. The minimum absolute atomic E-state index is 0.117. The lowest BCUT2D eigenvalue weighted by Crippen LogP contribution is -2.13. The van der Waals surface area contributed by atoms with Crippen LogP contribution >= 0.6 is 0 Å². The number of rotatable bonds is 8. The maximum Gasteiger partial charge on any atom is 0.224 e. The third kappa shape index (κ3) is 4.91. The summed E-state index contributed by atoms with van der Waals surface area (Å²) in [6.45, 7) is 4.11. The molecule has 1 heterocycles. The first-order chi connectivity index (χ1) is 14.5. The Bertz CT molecular complexity index is 1090. The molecule has 0 bridgehead atoms. The average Bonchev–Trinajstić information content (AvgIpc) is 3.18. The highest BCUT2D eigenvalue weighted by Crippen LogP contribution is 2.28. The van der Waals surface area contributed by atoms with Gasteiger partial charge in [-0.25, -0.2) is 0 Å². The topological polar surface area (TPSA) is 115 Å². The molecule has 9 heteroatoms. The lowest BCUT2D eigenvalue weighted by molar-refractivity contribution is -0.116. The molecule has 154 valence electrons. The summed E-state index contributed by atoms with van der Waals surface area (Å²) < 4.78 is 12.5. The maximum atomic E-state index is 12.3. The van der Waals surface area contributed by atoms with Crippen LogP contribution < -0.4 is 14.8 Å². The third-order valence-corrected chi connectivity index (χ3v) is 4.44. The lowest BCUT2D eigenvalue weighted by atomic mass is 10.1. The van der Waals surface area contributed by atoms with Crippen molar-refractivity contribution in [2.45, 2.75) is 26.7 Å². The van der Waals surface area contributed by atoms with E-state index in [0.717, 1.165) is 11.3 Å². The Hall–Kier alpha value is -3.93. The number of nitrogens with one attached hydrogen (secondary N) is 1. The standard InChI is InChI=1S/C21H22N6O3/c1-14-6-8-17(12-18(14)27-15(2)24-25-26-27)23-21(28)5-4-10-30-19-9-7-16(13-22)11-20(19)29-3/h6-9,11-12H,4-5,10H2,1-3H3,(H,23,28). The van der Waals surface area contributed by atoms with Crippen LogP contribution in [0.4, 0.5) is 5.69 Å². The fraction of sp³-hybridized carbons (Fsp3) is 0.286. The smallest absolute Gasteiger partial charge is 0.224 e. The molecule has 0 radical (unpaired) electrons. The number of nitrogens with zero attached hydrogens (tertiary/aromatic N) is 5. The molecule has 1 aromatic heterocycles. The molecule has 0 saturated carbocycles. The summed E-state index contributed by atoms with van der Waals surface area (Å²) in [7, 11) is 1.52. The van der Waals surface area contributed by atoms with Crippen molar-refractivity contribution in [3.05, 3.63) is 53.3 Å². The SMILES string of the molecule is COc1cc(C#N)ccc1OCCCC(=O)Nc1ccc(C)c(-n2nnnc2C)c1. The van der Waals surface area contributed by atoms with E-state index in [2.05, 4.69) is 26.9 Å². The van der Waals surface area contributed by atoms with Crippen molar-refractivity contribution in [1.29, 1.82) is 5.26 Å². The molecule has 0 aliphatic heterocycles. The fourth-order valence-electron chi connectivity index (χ4n) is 2.86. The second-order valence-electron chi connectivity index (χ2n) is 6.62. The summed E-state index contributed by atoms with van der Waals surface area (Å²) in [5, 5.41) is 23.4. The average molecular weight is 406 g/mol. The highest BCUT2D eigenvalue weighted by molar-refractivity contribution is 5.91. The molecule has 9 nitrogen and oxygen atoms in total. The molecule has 1 N–H and O–H groups in total. The molecule has 0 aliphatic rings. The normalized spacial score (nSPS) is 10.3. The fourth-order valence-corrected chi connectivity index (χ4v) is 2.86. The minimum Gasteiger partial charge on any atom is -0.493 e. The second kappa shape index (κ2) is 9.52. The van der Waals surface area contributed by atoms with Crippen LogP contribution in [0.1, 0.15) is 29.8 Å². The van der Waals surface area contributed by atoms with Gasteiger partial charge >= 0.3 is 0 Å². The van der Waals surface area contributed by atoms with Gasteiger partial charge < -0.3 is 14.8 Å². The monoisotopic (exact) mass is 406 g/mol. The molecule has 3 aromatic rings. The molecular formula is C21H22N6O3. The molecule has 0 fully saturated rings. The van der Waals surface area contributed by atoms with Gasteiger partial charge in [0, 0.05) is 18.2 Å². The number of benzene rings is 2. The van der Waals surface area contributed by atoms with E-state index in [9.17, 15) is 4.79 Å². The summed E-state index contributed by atoms with van der Waals surface area (Å²) in [5.74, 6) is 1.58. The Labute approximate surface area is 174 Å². The van der Waals surface area contributed by atoms with Crippen molar-refractivity contribution in [2.24, 2.45) is 0 Å². The molecule has 0 atom stereocenters. The van der Waals surface area contributed by atoms with Gasteiger partial charge in [-0.1, -0.05) is 6.07 Å². The molecule has 0 aliphatic carbocycles. The van der Waals surface area contributed by atoms with Gasteiger partial charge in [0.2, 0.25) is 5.91 Å². The summed E-state index contributed by atoms with van der Waals surface area (Å²) in [6, 6.07) is 12.6. The minimum atomic E-state index is -0.117. The number of aromatic nitrogens is 4. The Balaban J connectivity index is 1.53. The first kappa shape index (κ1) is 20.8. The van der Waals surface area contributed by atoms with E-state index in [1.807, 2.05) is 32.0 Å². The summed E-state index contributed by atoms with van der Waals surface area (Å²) in [6.07, 6.45) is 0.825. The van der Waals surface area contributed by atoms with Gasteiger partial charge in [-0.3, -0.25) is 4.79 Å². The number of amides is 1. The molecule has 1 amide bonds. The number of aryl methyl sites for hydroxylation is 2. The number of ether oxygens (including phenoxy) is 2. The zero-order valence-electron chi connectivity index (χ0n) is 17.0. The zero-order chi connectivity index (χ0) is 21.5. The number of carbonyl (C=O) groups excluding carboxylic acids is 1. The molecule has 0 unspecified atom stereocenters. The van der Waals surface area contributed by atoms with E-state index >= 15 is 0 Å². The molecule has 2 aromatic carbocycles. The summed E-state index contributed by atoms with van der Waals surface area (Å²) >= 11 is 0. The van der Waals surface area contributed by atoms with Gasteiger partial charge in [0.25, 0.3) is 0 Å². The second-order valence-corrected chi connectivity index (χ2v) is 6.62. The van der Waals surface area contributed by atoms with Crippen LogP contribution in [-0.4, -0.2) is 39.8 Å². The highest BCUT2D eigenvalue weighted by Gasteiger charge is 2.10. The summed E-state index contributed by atoms with van der Waals surface area (Å²) in [5.41, 5.74) is 2.97. The van der Waals surface area contributed by atoms with Crippen LogP contribution in [0.15, 0.2) is 36.4 Å². The van der Waals surface area contributed by atoms with Crippen molar-refractivity contribution in [1.82, 2.24) is 20.2 Å². The van der Waals surface area contributed by atoms with Gasteiger partial charge in [-0.05, 0) is 60.5 Å². The van der Waals surface area contributed by atoms with Crippen molar-refractivity contribution in [3.63, 3.8) is 0 Å². The van der Waals surface area contributed by atoms with Crippen LogP contribution in [0, 0.1) is 25.2 Å². The van der Waals surface area contributed by atoms with E-state index in [1.54, 1.807) is 22.9 Å². The molecule has 0 saturated heterocycles. The van der Waals surface area contributed by atoms with Gasteiger partial charge in [-0.15, -0.1) is 5.10 Å². The van der Waals surface area contributed by atoms with Gasteiger partial charge in [0.1, 0.15) is 0 Å².